The van der Waals surface area contributed by atoms with Gasteiger partial charge in [0.05, 0.1) is 0 Å². The van der Waals surface area contributed by atoms with Gasteiger partial charge in [0.15, 0.2) is 0 Å². The van der Waals surface area contributed by atoms with Crippen LogP contribution in [-0.4, -0.2) is 0 Å². The van der Waals surface area contributed by atoms with E-state index in [1.54, 1.807) is 0 Å². The molecule has 0 aliphatic heterocycles. The maximum absolute atomic E-state index is 4.10. The molecule has 0 unspecified atom stereocenters. The molecule has 0 amide bonds. The summed E-state index contributed by atoms with van der Waals surface area (Å²) in [6.07, 6.45) is 2.22. The summed E-state index contributed by atoms with van der Waals surface area (Å²) in [5.74, 6) is 0. The van der Waals surface area contributed by atoms with Crippen molar-refractivity contribution in [3.05, 3.63) is 23.8 Å². The van der Waals surface area contributed by atoms with Crippen LogP contribution in [0.15, 0.2) is 23.8 Å². The van der Waals surface area contributed by atoms with Gasteiger partial charge in [-0.1, -0.05) is 59.8 Å². The molecule has 0 bridgehead atoms. The molecule has 0 aliphatic rings. The van der Waals surface area contributed by atoms with Gasteiger partial charge < -0.3 is 0 Å². The van der Waals surface area contributed by atoms with E-state index < -0.39 is 0 Å². The van der Waals surface area contributed by atoms with E-state index in [0.29, 0.717) is 0 Å². The van der Waals surface area contributed by atoms with E-state index in [2.05, 4.69) is 61.1 Å². The molecule has 0 aromatic carbocycles. The summed E-state index contributed by atoms with van der Waals surface area (Å²) in [5, 5.41) is 0. The van der Waals surface area contributed by atoms with E-state index in [9.17, 15) is 0 Å². The van der Waals surface area contributed by atoms with E-state index in [4.69, 9.17) is 0 Å². The van der Waals surface area contributed by atoms with Crippen LogP contribution in [0.4, 0.5) is 0 Å². The second-order valence-electron chi connectivity index (χ2n) is 5.85. The van der Waals surface area contributed by atoms with Gasteiger partial charge in [-0.25, -0.2) is 0 Å². The van der Waals surface area contributed by atoms with Gasteiger partial charge in [0.1, 0.15) is 0 Å². The summed E-state index contributed by atoms with van der Waals surface area (Å²) in [7, 11) is 0. The molecular formula is C13H24Ru. The Hall–Kier alpha value is 0.103. The Morgan fingerprint density at radius 3 is 1.50 bits per heavy atom. The van der Waals surface area contributed by atoms with Gasteiger partial charge in [-0.05, 0) is 23.3 Å². The fourth-order valence-electron chi connectivity index (χ4n) is 0.694. The Morgan fingerprint density at radius 1 is 0.929 bits per heavy atom. The van der Waals surface area contributed by atoms with Crippen LogP contribution in [-0.2, 0) is 19.5 Å². The Bertz CT molecular complexity index is 221. The van der Waals surface area contributed by atoms with E-state index in [1.807, 2.05) is 0 Å². The first-order chi connectivity index (χ1) is 5.55. The molecule has 0 rings (SSSR count). The van der Waals surface area contributed by atoms with Crippen molar-refractivity contribution < 1.29 is 19.5 Å². The van der Waals surface area contributed by atoms with Crippen LogP contribution < -0.4 is 0 Å². The Labute approximate surface area is 103 Å². The first-order valence-corrected chi connectivity index (χ1v) is 4.93. The largest absolute Gasteiger partial charge is 0.0953 e. The fourth-order valence-corrected chi connectivity index (χ4v) is 0.694. The van der Waals surface area contributed by atoms with Crippen molar-refractivity contribution in [1.29, 1.82) is 0 Å². The monoisotopic (exact) mass is 282 g/mol. The average Bonchev–Trinajstić information content (AvgIpc) is 1.82. The van der Waals surface area contributed by atoms with E-state index in [1.165, 1.54) is 11.1 Å². The molecule has 0 saturated carbocycles. The van der Waals surface area contributed by atoms with Gasteiger partial charge in [-0.15, -0.1) is 0 Å². The van der Waals surface area contributed by atoms with Crippen LogP contribution in [0, 0.1) is 10.8 Å². The van der Waals surface area contributed by atoms with Crippen LogP contribution in [0.5, 0.6) is 0 Å². The molecule has 0 saturated heterocycles. The Kier molecular flexibility index (Phi) is 6.21. The van der Waals surface area contributed by atoms with Crippen molar-refractivity contribution in [1.82, 2.24) is 0 Å². The molecule has 0 aromatic rings. The SMILES string of the molecule is C=C(C=C(C)C(C)(C)C)C(C)(C)C.[Ru]. The normalized spacial score (nSPS) is 13.5. The van der Waals surface area contributed by atoms with Crippen LogP contribution in [0.3, 0.4) is 0 Å². The minimum atomic E-state index is 0. The van der Waals surface area contributed by atoms with Crippen LogP contribution in [0.2, 0.25) is 0 Å². The molecule has 0 fully saturated rings. The smallest absolute Gasteiger partial charge is 0 e. The van der Waals surface area contributed by atoms with Crippen LogP contribution in [0.1, 0.15) is 48.5 Å². The Morgan fingerprint density at radius 2 is 1.29 bits per heavy atom. The van der Waals surface area contributed by atoms with Gasteiger partial charge in [-0.3, -0.25) is 0 Å². The summed E-state index contributed by atoms with van der Waals surface area (Å²) < 4.78 is 0. The van der Waals surface area contributed by atoms with Gasteiger partial charge in [0.25, 0.3) is 0 Å². The molecule has 84 valence electrons. The predicted octanol–water partition coefficient (Wildman–Crippen LogP) is 4.58. The topological polar surface area (TPSA) is 0 Å². The second kappa shape index (κ2) is 5.26. The van der Waals surface area contributed by atoms with Crippen molar-refractivity contribution in [2.24, 2.45) is 10.8 Å². The van der Waals surface area contributed by atoms with Crippen LogP contribution in [0.25, 0.3) is 0 Å². The number of hydrogen-bond acceptors (Lipinski definition) is 0. The summed E-state index contributed by atoms with van der Waals surface area (Å²) >= 11 is 0. The standard InChI is InChI=1S/C13H24.Ru/c1-10(12(3,4)5)9-11(2)13(6,7)8;/h9H,1H2,2-8H3;. The van der Waals surface area contributed by atoms with E-state index >= 15 is 0 Å². The summed E-state index contributed by atoms with van der Waals surface area (Å²) in [6, 6.07) is 0. The quantitative estimate of drug-likeness (QED) is 0.487. The van der Waals surface area contributed by atoms with Crippen molar-refractivity contribution in [2.75, 3.05) is 0 Å². The Balaban J connectivity index is 0. The summed E-state index contributed by atoms with van der Waals surface area (Å²) in [4.78, 5) is 0. The maximum atomic E-state index is 4.10. The molecule has 0 radical (unpaired) electrons. The molecule has 0 aromatic heterocycles. The van der Waals surface area contributed by atoms with Crippen molar-refractivity contribution in [2.45, 2.75) is 48.5 Å². The number of allylic oxidation sites excluding steroid dienone is 3. The van der Waals surface area contributed by atoms with Crippen molar-refractivity contribution in [3.63, 3.8) is 0 Å². The second-order valence-corrected chi connectivity index (χ2v) is 5.85. The fraction of sp³-hybridized carbons (Fsp3) is 0.692. The molecule has 0 nitrogen and oxygen atoms in total. The predicted molar refractivity (Wildman–Crippen MR) is 61.8 cm³/mol. The van der Waals surface area contributed by atoms with Gasteiger partial charge >= 0.3 is 0 Å². The third-order valence-electron chi connectivity index (χ3n) is 2.54. The summed E-state index contributed by atoms with van der Waals surface area (Å²) in [6.45, 7) is 19.6. The van der Waals surface area contributed by atoms with E-state index in [-0.39, 0.29) is 30.3 Å². The van der Waals surface area contributed by atoms with Crippen molar-refractivity contribution >= 4 is 0 Å². The maximum Gasteiger partial charge on any atom is 0 e. The van der Waals surface area contributed by atoms with Gasteiger partial charge in [0, 0.05) is 19.5 Å². The van der Waals surface area contributed by atoms with E-state index in [0.717, 1.165) is 0 Å². The molecule has 0 atom stereocenters. The van der Waals surface area contributed by atoms with Gasteiger partial charge in [-0.2, -0.15) is 0 Å². The third-order valence-corrected chi connectivity index (χ3v) is 2.54. The first-order valence-electron chi connectivity index (χ1n) is 4.93. The minimum absolute atomic E-state index is 0. The number of hydrogen-bond donors (Lipinski definition) is 0. The third kappa shape index (κ3) is 5.75. The zero-order valence-electron chi connectivity index (χ0n) is 10.6. The molecule has 0 aliphatic carbocycles. The summed E-state index contributed by atoms with van der Waals surface area (Å²) in [5.41, 5.74) is 3.05. The number of rotatable bonds is 1. The van der Waals surface area contributed by atoms with Crippen molar-refractivity contribution in [3.8, 4) is 0 Å². The zero-order valence-corrected chi connectivity index (χ0v) is 12.4. The molecule has 14 heavy (non-hydrogen) atoms. The first kappa shape index (κ1) is 16.5. The molecule has 0 heterocycles. The molecule has 1 heteroatoms. The minimum Gasteiger partial charge on any atom is -0.0953 e. The molecule has 0 spiro atoms. The van der Waals surface area contributed by atoms with Crippen LogP contribution >= 0.6 is 0 Å². The van der Waals surface area contributed by atoms with Gasteiger partial charge in [0.2, 0.25) is 0 Å². The average molecular weight is 281 g/mol. The molecule has 0 N–H and O–H groups in total. The zero-order chi connectivity index (χ0) is 10.9. The molecular weight excluding hydrogens is 257 g/mol.